The molecule has 11 nitrogen and oxygen atoms in total. The summed E-state index contributed by atoms with van der Waals surface area (Å²) >= 11 is 0. The lowest BCUT2D eigenvalue weighted by Crippen LogP contribution is -2.44. The van der Waals surface area contributed by atoms with E-state index in [-0.39, 0.29) is 23.1 Å². The fourth-order valence-electron chi connectivity index (χ4n) is 3.33. The van der Waals surface area contributed by atoms with Gasteiger partial charge in [-0.15, -0.1) is 0 Å². The van der Waals surface area contributed by atoms with E-state index in [0.717, 1.165) is 19.1 Å². The number of nitrogens with zero attached hydrogens (tertiary/aromatic N) is 3. The van der Waals surface area contributed by atoms with Gasteiger partial charge in [0.2, 0.25) is 15.9 Å². The normalized spacial score (nSPS) is 16.4. The van der Waals surface area contributed by atoms with Gasteiger partial charge in [0.15, 0.2) is 0 Å². The summed E-state index contributed by atoms with van der Waals surface area (Å²) in [5, 5.41) is 2.45. The van der Waals surface area contributed by atoms with Gasteiger partial charge in [-0.2, -0.15) is 0 Å². The number of hydrogen-bond donors (Lipinski definition) is 3. The first-order valence-electron chi connectivity index (χ1n) is 9.44. The third kappa shape index (κ3) is 5.75. The van der Waals surface area contributed by atoms with Gasteiger partial charge in [-0.1, -0.05) is 6.07 Å². The van der Waals surface area contributed by atoms with Gasteiger partial charge < -0.3 is 16.0 Å². The van der Waals surface area contributed by atoms with Gasteiger partial charge in [0.1, 0.15) is 5.82 Å². The van der Waals surface area contributed by atoms with Crippen LogP contribution in [0.3, 0.4) is 0 Å². The molecule has 31 heavy (non-hydrogen) atoms. The van der Waals surface area contributed by atoms with E-state index in [2.05, 4.69) is 20.0 Å². The number of carbonyl (C=O) groups excluding carboxylic acids is 3. The molecule has 1 fully saturated rings. The zero-order valence-corrected chi connectivity index (χ0v) is 17.6. The monoisotopic (exact) mass is 446 g/mol. The van der Waals surface area contributed by atoms with Crippen molar-refractivity contribution in [2.75, 3.05) is 22.8 Å². The van der Waals surface area contributed by atoms with Gasteiger partial charge in [-0.25, -0.2) is 13.4 Å². The van der Waals surface area contributed by atoms with Gasteiger partial charge in [0.25, 0.3) is 0 Å². The van der Waals surface area contributed by atoms with Crippen LogP contribution < -0.4 is 15.8 Å². The lowest BCUT2D eigenvalue weighted by molar-refractivity contribution is -0.145. The number of hydrogen-bond acceptors (Lipinski definition) is 7. The lowest BCUT2D eigenvalue weighted by atomic mass is 9.96. The van der Waals surface area contributed by atoms with Crippen LogP contribution >= 0.6 is 0 Å². The van der Waals surface area contributed by atoms with Crippen molar-refractivity contribution < 1.29 is 22.8 Å². The topological polar surface area (TPSA) is 164 Å². The molecule has 0 saturated carbocycles. The molecule has 2 aromatic heterocycles. The Balaban J connectivity index is 1.75. The first-order valence-corrected chi connectivity index (χ1v) is 11.3. The highest BCUT2D eigenvalue weighted by molar-refractivity contribution is 7.92. The highest BCUT2D eigenvalue weighted by Crippen LogP contribution is 2.31. The van der Waals surface area contributed by atoms with Crippen LogP contribution in [0.4, 0.5) is 11.5 Å². The van der Waals surface area contributed by atoms with Crippen molar-refractivity contribution in [1.82, 2.24) is 14.9 Å². The molecule has 1 atom stereocenters. The number of rotatable bonds is 5. The quantitative estimate of drug-likeness (QED) is 0.567. The first kappa shape index (κ1) is 22.2. The number of anilines is 2. The van der Waals surface area contributed by atoms with Crippen molar-refractivity contribution in [3.8, 4) is 0 Å². The molecule has 0 bridgehead atoms. The summed E-state index contributed by atoms with van der Waals surface area (Å²) in [6.07, 6.45) is 7.33. The van der Waals surface area contributed by atoms with Crippen LogP contribution in [0.5, 0.6) is 0 Å². The molecule has 1 aliphatic heterocycles. The second kappa shape index (κ2) is 9.08. The summed E-state index contributed by atoms with van der Waals surface area (Å²) in [5.41, 5.74) is 6.19. The second-order valence-electron chi connectivity index (χ2n) is 7.14. The Morgan fingerprint density at radius 2 is 1.94 bits per heavy atom. The smallest absolute Gasteiger partial charge is 0.313 e. The van der Waals surface area contributed by atoms with E-state index >= 15 is 0 Å². The van der Waals surface area contributed by atoms with E-state index in [1.807, 2.05) is 0 Å². The summed E-state index contributed by atoms with van der Waals surface area (Å²) in [5.74, 6) is -2.13. The number of nitrogens with two attached hydrogens (primary N) is 1. The molecule has 4 N–H and O–H groups in total. The molecule has 3 heterocycles. The second-order valence-corrected chi connectivity index (χ2v) is 8.89. The van der Waals surface area contributed by atoms with Crippen LogP contribution in [-0.4, -0.2) is 53.8 Å². The predicted molar refractivity (Wildman–Crippen MR) is 112 cm³/mol. The van der Waals surface area contributed by atoms with Crippen LogP contribution in [0.25, 0.3) is 0 Å². The number of piperidine rings is 1. The van der Waals surface area contributed by atoms with Crippen molar-refractivity contribution >= 4 is 39.3 Å². The van der Waals surface area contributed by atoms with E-state index < -0.39 is 27.7 Å². The largest absolute Gasteiger partial charge is 0.366 e. The maximum Gasteiger partial charge on any atom is 0.313 e. The van der Waals surface area contributed by atoms with E-state index in [0.29, 0.717) is 18.5 Å². The Labute approximate surface area is 179 Å². The van der Waals surface area contributed by atoms with Gasteiger partial charge in [0, 0.05) is 18.9 Å². The number of amides is 3. The molecule has 2 aromatic rings. The van der Waals surface area contributed by atoms with Crippen molar-refractivity contribution in [3.05, 3.63) is 47.9 Å². The SMILES string of the molecule is CS(=O)(=O)Nc1ccc([C@@H]2CCCCN2C(=O)C(=O)Nc2cncc(C(N)=O)c2)cn1. The molecule has 0 aromatic carbocycles. The van der Waals surface area contributed by atoms with Crippen LogP contribution in [0.15, 0.2) is 36.8 Å². The number of aromatic nitrogens is 2. The Morgan fingerprint density at radius 1 is 1.16 bits per heavy atom. The first-order chi connectivity index (χ1) is 14.6. The average Bonchev–Trinajstić information content (AvgIpc) is 2.73. The summed E-state index contributed by atoms with van der Waals surface area (Å²) in [6.45, 7) is 0.389. The molecular formula is C19H22N6O5S. The number of primary amides is 1. The maximum absolute atomic E-state index is 12.8. The summed E-state index contributed by atoms with van der Waals surface area (Å²) < 4.78 is 24.9. The van der Waals surface area contributed by atoms with Crippen LogP contribution in [0.1, 0.15) is 41.2 Å². The average molecular weight is 446 g/mol. The van der Waals surface area contributed by atoms with Crippen molar-refractivity contribution in [2.24, 2.45) is 5.73 Å². The number of nitrogens with one attached hydrogen (secondary N) is 2. The third-order valence-corrected chi connectivity index (χ3v) is 5.28. The zero-order chi connectivity index (χ0) is 22.6. The predicted octanol–water partition coefficient (Wildman–Crippen LogP) is 0.639. The maximum atomic E-state index is 12.8. The highest BCUT2D eigenvalue weighted by Gasteiger charge is 2.32. The van der Waals surface area contributed by atoms with Gasteiger partial charge in [-0.05, 0) is 37.0 Å². The Hall–Kier alpha value is -3.54. The Kier molecular flexibility index (Phi) is 6.49. The minimum Gasteiger partial charge on any atom is -0.366 e. The van der Waals surface area contributed by atoms with Crippen molar-refractivity contribution in [1.29, 1.82) is 0 Å². The molecule has 0 unspecified atom stereocenters. The molecule has 3 rings (SSSR count). The molecule has 0 aliphatic carbocycles. The summed E-state index contributed by atoms with van der Waals surface area (Å²) in [7, 11) is -3.45. The number of likely N-dealkylation sites (tertiary alicyclic amines) is 1. The van der Waals surface area contributed by atoms with E-state index in [1.165, 1.54) is 35.6 Å². The molecule has 0 spiro atoms. The Morgan fingerprint density at radius 3 is 2.58 bits per heavy atom. The highest BCUT2D eigenvalue weighted by atomic mass is 32.2. The number of pyridine rings is 2. The van der Waals surface area contributed by atoms with E-state index in [1.54, 1.807) is 6.07 Å². The summed E-state index contributed by atoms with van der Waals surface area (Å²) in [6, 6.07) is 4.15. The van der Waals surface area contributed by atoms with E-state index in [9.17, 15) is 22.8 Å². The molecule has 1 saturated heterocycles. The van der Waals surface area contributed by atoms with Crippen LogP contribution in [-0.2, 0) is 19.6 Å². The van der Waals surface area contributed by atoms with E-state index in [4.69, 9.17) is 5.73 Å². The van der Waals surface area contributed by atoms with Crippen molar-refractivity contribution in [2.45, 2.75) is 25.3 Å². The van der Waals surface area contributed by atoms with Crippen LogP contribution in [0.2, 0.25) is 0 Å². The molecule has 164 valence electrons. The fraction of sp³-hybridized carbons (Fsp3) is 0.316. The lowest BCUT2D eigenvalue weighted by Gasteiger charge is -2.35. The molecule has 0 radical (unpaired) electrons. The van der Waals surface area contributed by atoms with Gasteiger partial charge in [-0.3, -0.25) is 24.1 Å². The van der Waals surface area contributed by atoms with Crippen LogP contribution in [0, 0.1) is 0 Å². The van der Waals surface area contributed by atoms with Gasteiger partial charge in [0.05, 0.1) is 29.7 Å². The molecule has 1 aliphatic rings. The third-order valence-electron chi connectivity index (χ3n) is 4.70. The number of sulfonamides is 1. The molecule has 12 heteroatoms. The molecule has 3 amide bonds. The minimum atomic E-state index is -3.45. The van der Waals surface area contributed by atoms with Gasteiger partial charge >= 0.3 is 11.8 Å². The van der Waals surface area contributed by atoms with Crippen molar-refractivity contribution in [3.63, 3.8) is 0 Å². The molecular weight excluding hydrogens is 424 g/mol. The standard InChI is InChI=1S/C19H22N6O5S/c1-31(29,30)24-16-6-5-12(10-22-16)15-4-2-3-7-25(15)19(28)18(27)23-14-8-13(17(20)26)9-21-11-14/h5-6,8-11,15H,2-4,7H2,1H3,(H2,20,26)(H,22,24)(H,23,27)/t15-/m0/s1. The number of carbonyl (C=O) groups is 3. The fourth-order valence-corrected chi connectivity index (χ4v) is 3.83. The minimum absolute atomic E-state index is 0.106. The zero-order valence-electron chi connectivity index (χ0n) is 16.7. The Bertz CT molecular complexity index is 1100. The summed E-state index contributed by atoms with van der Waals surface area (Å²) in [4.78, 5) is 46.0.